The lowest BCUT2D eigenvalue weighted by molar-refractivity contribution is 0.409. The predicted octanol–water partition coefficient (Wildman–Crippen LogP) is 3.66. The summed E-state index contributed by atoms with van der Waals surface area (Å²) in [5, 5.41) is 4.17. The van der Waals surface area contributed by atoms with E-state index in [9.17, 15) is 0 Å². The number of hydrogen-bond acceptors (Lipinski definition) is 2. The zero-order chi connectivity index (χ0) is 12.7. The van der Waals surface area contributed by atoms with Crippen LogP contribution in [0.5, 0.6) is 5.75 Å². The van der Waals surface area contributed by atoms with Crippen LogP contribution in [0.2, 0.25) is 5.02 Å². The lowest BCUT2D eigenvalue weighted by Gasteiger charge is -2.19. The molecule has 0 amide bonds. The molecule has 0 saturated heterocycles. The summed E-state index contributed by atoms with van der Waals surface area (Å²) in [4.78, 5) is 0. The van der Waals surface area contributed by atoms with Gasteiger partial charge in [-0.15, -0.1) is 0 Å². The highest BCUT2D eigenvalue weighted by Gasteiger charge is 2.55. The summed E-state index contributed by atoms with van der Waals surface area (Å²) in [5.74, 6) is 3.49. The number of benzene rings is 1. The van der Waals surface area contributed by atoms with Crippen molar-refractivity contribution < 1.29 is 4.74 Å². The van der Waals surface area contributed by atoms with Gasteiger partial charge in [-0.1, -0.05) is 24.1 Å². The van der Waals surface area contributed by atoms with E-state index < -0.39 is 0 Å². The van der Waals surface area contributed by atoms with E-state index in [4.69, 9.17) is 16.3 Å². The van der Waals surface area contributed by atoms with Gasteiger partial charge in [0.05, 0.1) is 12.1 Å². The van der Waals surface area contributed by atoms with Crippen molar-refractivity contribution >= 4 is 11.6 Å². The molecule has 18 heavy (non-hydrogen) atoms. The van der Waals surface area contributed by atoms with E-state index in [2.05, 4.69) is 24.5 Å². The molecule has 0 bridgehead atoms. The first-order chi connectivity index (χ1) is 8.76. The molecule has 1 N–H and O–H groups in total. The Kier molecular flexibility index (Phi) is 3.25. The maximum atomic E-state index is 6.09. The average molecular weight is 266 g/mol. The Balaban J connectivity index is 1.83. The molecular weight excluding hydrogens is 246 g/mol. The molecule has 0 aliphatic heterocycles. The summed E-state index contributed by atoms with van der Waals surface area (Å²) in [6.45, 7) is 0. The van der Waals surface area contributed by atoms with Crippen LogP contribution in [-0.2, 0) is 0 Å². The molecule has 0 aromatic heterocycles. The number of hydrogen-bond donors (Lipinski definition) is 1. The summed E-state index contributed by atoms with van der Waals surface area (Å²) in [5.41, 5.74) is 1.30. The highest BCUT2D eigenvalue weighted by molar-refractivity contribution is 6.32. The molecule has 0 heterocycles. The van der Waals surface area contributed by atoms with E-state index in [1.807, 2.05) is 6.07 Å². The number of halogens is 1. The van der Waals surface area contributed by atoms with Gasteiger partial charge in [0.15, 0.2) is 0 Å². The third-order valence-electron chi connectivity index (χ3n) is 4.70. The van der Waals surface area contributed by atoms with Crippen molar-refractivity contribution in [2.24, 2.45) is 17.8 Å². The van der Waals surface area contributed by atoms with Crippen molar-refractivity contribution in [3.8, 4) is 5.75 Å². The number of methoxy groups -OCH3 is 1. The number of ether oxygens (including phenoxy) is 1. The van der Waals surface area contributed by atoms with Crippen molar-refractivity contribution in [3.63, 3.8) is 0 Å². The van der Waals surface area contributed by atoms with Crippen LogP contribution in [0.25, 0.3) is 0 Å². The fourth-order valence-corrected chi connectivity index (χ4v) is 4.02. The first-order valence-electron chi connectivity index (χ1n) is 6.77. The van der Waals surface area contributed by atoms with E-state index in [0.29, 0.717) is 11.1 Å². The maximum Gasteiger partial charge on any atom is 0.137 e. The topological polar surface area (TPSA) is 21.3 Å². The lowest BCUT2D eigenvalue weighted by atomic mass is 9.97. The van der Waals surface area contributed by atoms with E-state index in [1.54, 1.807) is 7.11 Å². The van der Waals surface area contributed by atoms with Crippen LogP contribution in [0, 0.1) is 17.8 Å². The monoisotopic (exact) mass is 265 g/mol. The standard InChI is InChI=1S/C15H20ClNO/c1-17-15(14-10-4-3-5-11(10)14)9-6-7-12(16)13(8-9)18-2/h6-8,10-11,14-15,17H,3-5H2,1-2H3. The third-order valence-corrected chi connectivity index (χ3v) is 5.02. The summed E-state index contributed by atoms with van der Waals surface area (Å²) in [7, 11) is 3.73. The molecule has 0 radical (unpaired) electrons. The Labute approximate surface area is 114 Å². The molecule has 2 saturated carbocycles. The molecule has 3 atom stereocenters. The quantitative estimate of drug-likeness (QED) is 0.897. The molecule has 1 aromatic rings. The summed E-state index contributed by atoms with van der Waals surface area (Å²) >= 11 is 6.09. The summed E-state index contributed by atoms with van der Waals surface area (Å²) in [6, 6.07) is 6.60. The molecule has 98 valence electrons. The third kappa shape index (κ3) is 1.92. The Morgan fingerprint density at radius 3 is 2.67 bits per heavy atom. The molecular formula is C15H20ClNO. The van der Waals surface area contributed by atoms with Crippen LogP contribution in [0.3, 0.4) is 0 Å². The minimum atomic E-state index is 0.450. The smallest absolute Gasteiger partial charge is 0.137 e. The van der Waals surface area contributed by atoms with Crippen LogP contribution >= 0.6 is 11.6 Å². The second-order valence-electron chi connectivity index (χ2n) is 5.50. The minimum absolute atomic E-state index is 0.450. The highest BCUT2D eigenvalue weighted by atomic mass is 35.5. The van der Waals surface area contributed by atoms with Crippen molar-refractivity contribution in [2.45, 2.75) is 25.3 Å². The van der Waals surface area contributed by atoms with E-state index in [1.165, 1.54) is 24.8 Å². The molecule has 2 aliphatic rings. The van der Waals surface area contributed by atoms with Crippen LogP contribution in [0.4, 0.5) is 0 Å². The van der Waals surface area contributed by atoms with Gasteiger partial charge in [-0.05, 0) is 55.3 Å². The van der Waals surface area contributed by atoms with Crippen molar-refractivity contribution in [1.29, 1.82) is 0 Å². The fraction of sp³-hybridized carbons (Fsp3) is 0.600. The predicted molar refractivity (Wildman–Crippen MR) is 74.1 cm³/mol. The van der Waals surface area contributed by atoms with E-state index in [0.717, 1.165) is 23.5 Å². The molecule has 3 unspecified atom stereocenters. The van der Waals surface area contributed by atoms with Crippen LogP contribution in [-0.4, -0.2) is 14.2 Å². The van der Waals surface area contributed by atoms with Gasteiger partial charge in [0.1, 0.15) is 5.75 Å². The van der Waals surface area contributed by atoms with E-state index >= 15 is 0 Å². The zero-order valence-electron chi connectivity index (χ0n) is 10.9. The molecule has 2 nitrogen and oxygen atoms in total. The molecule has 3 rings (SSSR count). The van der Waals surface area contributed by atoms with Gasteiger partial charge in [-0.3, -0.25) is 0 Å². The van der Waals surface area contributed by atoms with Gasteiger partial charge in [0.2, 0.25) is 0 Å². The van der Waals surface area contributed by atoms with Gasteiger partial charge in [0, 0.05) is 6.04 Å². The molecule has 2 fully saturated rings. The van der Waals surface area contributed by atoms with Gasteiger partial charge in [-0.2, -0.15) is 0 Å². The van der Waals surface area contributed by atoms with E-state index in [-0.39, 0.29) is 0 Å². The Bertz CT molecular complexity index is 438. The number of nitrogens with one attached hydrogen (secondary N) is 1. The first kappa shape index (κ1) is 12.3. The lowest BCUT2D eigenvalue weighted by Crippen LogP contribution is -2.20. The van der Waals surface area contributed by atoms with Crippen LogP contribution < -0.4 is 10.1 Å². The fourth-order valence-electron chi connectivity index (χ4n) is 3.82. The highest BCUT2D eigenvalue weighted by Crippen LogP contribution is 2.62. The minimum Gasteiger partial charge on any atom is -0.495 e. The van der Waals surface area contributed by atoms with Crippen molar-refractivity contribution in [3.05, 3.63) is 28.8 Å². The summed E-state index contributed by atoms with van der Waals surface area (Å²) in [6.07, 6.45) is 4.25. The van der Waals surface area contributed by atoms with Gasteiger partial charge in [-0.25, -0.2) is 0 Å². The first-order valence-corrected chi connectivity index (χ1v) is 7.14. The summed E-state index contributed by atoms with van der Waals surface area (Å²) < 4.78 is 5.31. The zero-order valence-corrected chi connectivity index (χ0v) is 11.7. The number of rotatable bonds is 4. The molecule has 0 spiro atoms. The maximum absolute atomic E-state index is 6.09. The normalized spacial score (nSPS) is 30.9. The van der Waals surface area contributed by atoms with Crippen LogP contribution in [0.15, 0.2) is 18.2 Å². The van der Waals surface area contributed by atoms with Gasteiger partial charge < -0.3 is 10.1 Å². The van der Waals surface area contributed by atoms with Gasteiger partial charge in [0.25, 0.3) is 0 Å². The molecule has 1 aromatic carbocycles. The number of fused-ring (bicyclic) bond motifs is 1. The molecule has 3 heteroatoms. The SMILES string of the molecule is CNC(c1ccc(Cl)c(OC)c1)C1C2CCCC21. The Morgan fingerprint density at radius 1 is 1.33 bits per heavy atom. The van der Waals surface area contributed by atoms with Crippen molar-refractivity contribution in [2.75, 3.05) is 14.2 Å². The second kappa shape index (κ2) is 4.75. The molecule has 2 aliphatic carbocycles. The average Bonchev–Trinajstić information content (AvgIpc) is 2.86. The largest absolute Gasteiger partial charge is 0.495 e. The second-order valence-corrected chi connectivity index (χ2v) is 5.90. The van der Waals surface area contributed by atoms with Crippen molar-refractivity contribution in [1.82, 2.24) is 5.32 Å². The Morgan fingerprint density at radius 2 is 2.06 bits per heavy atom. The van der Waals surface area contributed by atoms with Gasteiger partial charge >= 0.3 is 0 Å². The Hall–Kier alpha value is -0.730. The van der Waals surface area contributed by atoms with Crippen LogP contribution in [0.1, 0.15) is 30.9 Å².